The summed E-state index contributed by atoms with van der Waals surface area (Å²) in [5, 5.41) is 0. The highest BCUT2D eigenvalue weighted by molar-refractivity contribution is 4.65. The molecule has 0 N–H and O–H groups in total. The number of hydrogen-bond acceptors (Lipinski definition) is 1. The third kappa shape index (κ3) is 4.59. The Kier molecular flexibility index (Phi) is 4.60. The van der Waals surface area contributed by atoms with Gasteiger partial charge in [0.25, 0.3) is 0 Å². The van der Waals surface area contributed by atoms with Gasteiger partial charge in [-0.05, 0) is 20.0 Å². The fourth-order valence-electron chi connectivity index (χ4n) is 1.04. The van der Waals surface area contributed by atoms with E-state index in [-0.39, 0.29) is 6.54 Å². The maximum Gasteiger partial charge on any atom is 0.392 e. The minimum absolute atomic E-state index is 0.0946. The molecule has 0 heterocycles. The van der Waals surface area contributed by atoms with Gasteiger partial charge in [-0.15, -0.1) is 0 Å². The average molecular weight is 183 g/mol. The van der Waals surface area contributed by atoms with Crippen molar-refractivity contribution in [1.82, 2.24) is 4.90 Å². The predicted molar refractivity (Wildman–Crippen MR) is 43.0 cm³/mol. The zero-order chi connectivity index (χ0) is 9.78. The number of nitrogens with zero attached hydrogens (tertiary/aromatic N) is 1. The van der Waals surface area contributed by atoms with Crippen molar-refractivity contribution >= 4 is 0 Å². The van der Waals surface area contributed by atoms with Gasteiger partial charge in [0, 0.05) is 6.54 Å². The fraction of sp³-hybridized carbons (Fsp3) is 1.00. The molecular formula is C8H16F3N. The minimum atomic E-state index is -4.05. The number of hydrogen-bond donors (Lipinski definition) is 0. The van der Waals surface area contributed by atoms with Gasteiger partial charge in [0.05, 0.1) is 5.92 Å². The first-order valence-electron chi connectivity index (χ1n) is 4.13. The van der Waals surface area contributed by atoms with Crippen molar-refractivity contribution in [2.75, 3.05) is 20.1 Å². The van der Waals surface area contributed by atoms with Gasteiger partial charge in [0.15, 0.2) is 0 Å². The molecule has 1 nitrogen and oxygen atoms in total. The summed E-state index contributed by atoms with van der Waals surface area (Å²) in [6, 6.07) is 0. The SMILES string of the molecule is CCCN(C)CC(C)C(F)(F)F. The van der Waals surface area contributed by atoms with Crippen molar-refractivity contribution in [3.05, 3.63) is 0 Å². The topological polar surface area (TPSA) is 3.24 Å². The second-order valence-corrected chi connectivity index (χ2v) is 3.20. The van der Waals surface area contributed by atoms with Crippen LogP contribution in [0.1, 0.15) is 20.3 Å². The van der Waals surface area contributed by atoms with E-state index in [0.717, 1.165) is 13.0 Å². The Hall–Kier alpha value is -0.250. The van der Waals surface area contributed by atoms with Crippen LogP contribution in [0.4, 0.5) is 13.2 Å². The van der Waals surface area contributed by atoms with E-state index in [2.05, 4.69) is 0 Å². The maximum atomic E-state index is 12.0. The summed E-state index contributed by atoms with van der Waals surface area (Å²) in [5.74, 6) is -1.23. The monoisotopic (exact) mass is 183 g/mol. The molecule has 0 aliphatic rings. The molecule has 0 radical (unpaired) electrons. The zero-order valence-electron chi connectivity index (χ0n) is 7.78. The van der Waals surface area contributed by atoms with Crippen LogP contribution in [0.2, 0.25) is 0 Å². The largest absolute Gasteiger partial charge is 0.392 e. The molecule has 0 aromatic rings. The van der Waals surface area contributed by atoms with Gasteiger partial charge >= 0.3 is 6.18 Å². The highest BCUT2D eigenvalue weighted by Crippen LogP contribution is 2.25. The summed E-state index contributed by atoms with van der Waals surface area (Å²) in [5.41, 5.74) is 0. The second-order valence-electron chi connectivity index (χ2n) is 3.20. The number of rotatable bonds is 4. The van der Waals surface area contributed by atoms with Crippen molar-refractivity contribution in [2.45, 2.75) is 26.4 Å². The molecule has 0 spiro atoms. The Balaban J connectivity index is 3.76. The smallest absolute Gasteiger partial charge is 0.306 e. The molecule has 74 valence electrons. The van der Waals surface area contributed by atoms with Crippen molar-refractivity contribution in [3.63, 3.8) is 0 Å². The lowest BCUT2D eigenvalue weighted by Crippen LogP contribution is -2.33. The van der Waals surface area contributed by atoms with Crippen molar-refractivity contribution in [1.29, 1.82) is 0 Å². The summed E-state index contributed by atoms with van der Waals surface area (Å²) in [7, 11) is 1.71. The lowest BCUT2D eigenvalue weighted by atomic mass is 10.1. The van der Waals surface area contributed by atoms with Crippen molar-refractivity contribution in [3.8, 4) is 0 Å². The molecule has 0 rings (SSSR count). The van der Waals surface area contributed by atoms with E-state index in [1.54, 1.807) is 11.9 Å². The van der Waals surface area contributed by atoms with Crippen LogP contribution in [0.3, 0.4) is 0 Å². The van der Waals surface area contributed by atoms with Gasteiger partial charge in [0.1, 0.15) is 0 Å². The van der Waals surface area contributed by atoms with Crippen LogP contribution < -0.4 is 0 Å². The van der Waals surface area contributed by atoms with E-state index in [9.17, 15) is 13.2 Å². The average Bonchev–Trinajstić information content (AvgIpc) is 1.85. The van der Waals surface area contributed by atoms with Gasteiger partial charge in [0.2, 0.25) is 0 Å². The van der Waals surface area contributed by atoms with E-state index in [1.807, 2.05) is 6.92 Å². The molecule has 0 saturated carbocycles. The molecule has 0 aliphatic carbocycles. The highest BCUT2D eigenvalue weighted by Gasteiger charge is 2.36. The van der Waals surface area contributed by atoms with Crippen LogP contribution in [0, 0.1) is 5.92 Å². The fourth-order valence-corrected chi connectivity index (χ4v) is 1.04. The van der Waals surface area contributed by atoms with Crippen LogP contribution in [0.25, 0.3) is 0 Å². The van der Waals surface area contributed by atoms with Crippen LogP contribution in [-0.2, 0) is 0 Å². The van der Waals surface area contributed by atoms with Crippen LogP contribution in [-0.4, -0.2) is 31.2 Å². The molecule has 0 saturated heterocycles. The van der Waals surface area contributed by atoms with Gasteiger partial charge in [-0.2, -0.15) is 13.2 Å². The molecule has 4 heteroatoms. The first-order chi connectivity index (χ1) is 5.38. The Bertz CT molecular complexity index is 122. The highest BCUT2D eigenvalue weighted by atomic mass is 19.4. The zero-order valence-corrected chi connectivity index (χ0v) is 7.78. The third-order valence-corrected chi connectivity index (χ3v) is 1.75. The number of alkyl halides is 3. The van der Waals surface area contributed by atoms with E-state index < -0.39 is 12.1 Å². The molecule has 12 heavy (non-hydrogen) atoms. The first-order valence-corrected chi connectivity index (χ1v) is 4.13. The second kappa shape index (κ2) is 4.70. The molecule has 1 atom stereocenters. The normalized spacial score (nSPS) is 15.2. The molecule has 1 unspecified atom stereocenters. The van der Waals surface area contributed by atoms with Gasteiger partial charge in [-0.3, -0.25) is 0 Å². The lowest BCUT2D eigenvalue weighted by Gasteiger charge is -2.22. The van der Waals surface area contributed by atoms with Crippen LogP contribution >= 0.6 is 0 Å². The van der Waals surface area contributed by atoms with Crippen molar-refractivity contribution in [2.24, 2.45) is 5.92 Å². The van der Waals surface area contributed by atoms with E-state index in [4.69, 9.17) is 0 Å². The van der Waals surface area contributed by atoms with E-state index in [1.165, 1.54) is 6.92 Å². The van der Waals surface area contributed by atoms with Gasteiger partial charge < -0.3 is 4.90 Å². The lowest BCUT2D eigenvalue weighted by molar-refractivity contribution is -0.173. The summed E-state index contributed by atoms with van der Waals surface area (Å²) >= 11 is 0. The van der Waals surface area contributed by atoms with Crippen molar-refractivity contribution < 1.29 is 13.2 Å². The predicted octanol–water partition coefficient (Wildman–Crippen LogP) is 2.53. The number of halogens is 3. The molecule has 0 amide bonds. The van der Waals surface area contributed by atoms with Crippen LogP contribution in [0.15, 0.2) is 0 Å². The molecule has 0 aromatic carbocycles. The molecule has 0 bridgehead atoms. The summed E-state index contributed by atoms with van der Waals surface area (Å²) in [6.45, 7) is 3.98. The molecule has 0 aromatic heterocycles. The minimum Gasteiger partial charge on any atom is -0.306 e. The summed E-state index contributed by atoms with van der Waals surface area (Å²) in [6.07, 6.45) is -3.16. The Morgan fingerprint density at radius 2 is 1.83 bits per heavy atom. The summed E-state index contributed by atoms with van der Waals surface area (Å²) < 4.78 is 36.1. The first kappa shape index (κ1) is 11.8. The molecule has 0 aliphatic heterocycles. The summed E-state index contributed by atoms with van der Waals surface area (Å²) in [4.78, 5) is 1.71. The van der Waals surface area contributed by atoms with E-state index >= 15 is 0 Å². The molecular weight excluding hydrogens is 167 g/mol. The quantitative estimate of drug-likeness (QED) is 0.647. The molecule has 0 fully saturated rings. The van der Waals surface area contributed by atoms with Gasteiger partial charge in [-0.1, -0.05) is 13.8 Å². The van der Waals surface area contributed by atoms with Gasteiger partial charge in [-0.25, -0.2) is 0 Å². The maximum absolute atomic E-state index is 12.0. The van der Waals surface area contributed by atoms with Crippen LogP contribution in [0.5, 0.6) is 0 Å². The van der Waals surface area contributed by atoms with E-state index in [0.29, 0.717) is 0 Å². The Labute approximate surface area is 71.6 Å². The standard InChI is InChI=1S/C8H16F3N/c1-4-5-12(3)6-7(2)8(9,10)11/h7H,4-6H2,1-3H3. The Morgan fingerprint density at radius 1 is 1.33 bits per heavy atom. The Morgan fingerprint density at radius 3 is 2.17 bits per heavy atom. The third-order valence-electron chi connectivity index (χ3n) is 1.75.